The zero-order valence-electron chi connectivity index (χ0n) is 15.0. The zero-order chi connectivity index (χ0) is 18.8. The molecule has 1 saturated carbocycles. The quantitative estimate of drug-likeness (QED) is 0.816. The molecular formula is C18H21N5O3. The Bertz CT molecular complexity index is 982. The van der Waals surface area contributed by atoms with E-state index in [1.807, 2.05) is 6.07 Å². The lowest BCUT2D eigenvalue weighted by molar-refractivity contribution is 0.143. The van der Waals surface area contributed by atoms with Crippen molar-refractivity contribution in [1.29, 1.82) is 5.26 Å². The fourth-order valence-corrected chi connectivity index (χ4v) is 2.97. The molecule has 136 valence electrons. The van der Waals surface area contributed by atoms with Crippen molar-refractivity contribution in [2.45, 2.75) is 32.7 Å². The maximum Gasteiger partial charge on any atom is 0.294 e. The van der Waals surface area contributed by atoms with Crippen LogP contribution in [0.2, 0.25) is 0 Å². The molecule has 0 aromatic carbocycles. The van der Waals surface area contributed by atoms with E-state index in [0.717, 1.165) is 12.8 Å². The van der Waals surface area contributed by atoms with Gasteiger partial charge >= 0.3 is 0 Å². The van der Waals surface area contributed by atoms with Gasteiger partial charge in [-0.05, 0) is 38.7 Å². The van der Waals surface area contributed by atoms with E-state index in [1.165, 1.54) is 6.20 Å². The van der Waals surface area contributed by atoms with Crippen LogP contribution >= 0.6 is 0 Å². The van der Waals surface area contributed by atoms with Crippen molar-refractivity contribution < 1.29 is 4.74 Å². The number of aromatic amines is 1. The molecule has 0 aliphatic heterocycles. The number of methoxy groups -OCH3 is 1. The second kappa shape index (κ2) is 7.14. The van der Waals surface area contributed by atoms with Crippen molar-refractivity contribution in [3.63, 3.8) is 0 Å². The molecule has 1 atom stereocenters. The summed E-state index contributed by atoms with van der Waals surface area (Å²) in [5, 5.41) is 12.3. The van der Waals surface area contributed by atoms with Crippen LogP contribution in [0.5, 0.6) is 0 Å². The highest BCUT2D eigenvalue weighted by Crippen LogP contribution is 2.39. The van der Waals surface area contributed by atoms with Crippen LogP contribution in [0, 0.1) is 31.1 Å². The summed E-state index contributed by atoms with van der Waals surface area (Å²) in [5.41, 5.74) is 1.33. The third kappa shape index (κ3) is 3.53. The number of rotatable bonds is 6. The standard InChI is InChI=1S/C18H21N5O3/c1-10-6-14(11(2)20-17(10)24)22-16-18(25)23(8-13(7-19)21-16)15(9-26-3)12-4-5-12/h6,8,12,15H,4-5,9H2,1-3H3,(H,20,24)(H,21,22)/t15-/m1/s1. The topological polar surface area (TPSA) is 113 Å². The van der Waals surface area contributed by atoms with E-state index in [4.69, 9.17) is 4.74 Å². The molecule has 0 radical (unpaired) electrons. The Morgan fingerprint density at radius 1 is 1.46 bits per heavy atom. The monoisotopic (exact) mass is 355 g/mol. The molecule has 3 rings (SSSR count). The molecule has 26 heavy (non-hydrogen) atoms. The van der Waals surface area contributed by atoms with Crippen LogP contribution < -0.4 is 16.4 Å². The van der Waals surface area contributed by atoms with Crippen LogP contribution in [0.4, 0.5) is 11.5 Å². The zero-order valence-corrected chi connectivity index (χ0v) is 15.0. The van der Waals surface area contributed by atoms with Gasteiger partial charge in [0.2, 0.25) is 0 Å². The molecule has 1 fully saturated rings. The Hall–Kier alpha value is -2.92. The summed E-state index contributed by atoms with van der Waals surface area (Å²) >= 11 is 0. The minimum absolute atomic E-state index is 0.0559. The van der Waals surface area contributed by atoms with Gasteiger partial charge in [-0.15, -0.1) is 0 Å². The highest BCUT2D eigenvalue weighted by molar-refractivity contribution is 5.59. The molecule has 0 spiro atoms. The number of H-pyrrole nitrogens is 1. The number of aryl methyl sites for hydroxylation is 2. The van der Waals surface area contributed by atoms with Crippen LogP contribution in [0.3, 0.4) is 0 Å². The number of hydrogen-bond donors (Lipinski definition) is 2. The molecular weight excluding hydrogens is 334 g/mol. The Labute approximate surface area is 150 Å². The van der Waals surface area contributed by atoms with Crippen molar-refractivity contribution in [3.8, 4) is 6.07 Å². The number of ether oxygens (including phenoxy) is 1. The van der Waals surface area contributed by atoms with Crippen molar-refractivity contribution in [3.05, 3.63) is 49.9 Å². The van der Waals surface area contributed by atoms with E-state index < -0.39 is 0 Å². The SMILES string of the molecule is COC[C@H](C1CC1)n1cc(C#N)nc(Nc2cc(C)c(=O)[nH]c2C)c1=O. The van der Waals surface area contributed by atoms with Gasteiger partial charge < -0.3 is 19.6 Å². The minimum atomic E-state index is -0.318. The molecule has 0 bridgehead atoms. The highest BCUT2D eigenvalue weighted by Gasteiger charge is 2.33. The number of anilines is 2. The van der Waals surface area contributed by atoms with Crippen molar-refractivity contribution >= 4 is 11.5 Å². The number of hydrogen-bond acceptors (Lipinski definition) is 6. The summed E-state index contributed by atoms with van der Waals surface area (Å²) in [4.78, 5) is 31.5. The Kier molecular flexibility index (Phi) is 4.91. The van der Waals surface area contributed by atoms with Gasteiger partial charge in [-0.25, -0.2) is 4.98 Å². The lowest BCUT2D eigenvalue weighted by Gasteiger charge is -2.20. The molecule has 1 aliphatic rings. The van der Waals surface area contributed by atoms with Crippen LogP contribution in [0.25, 0.3) is 0 Å². The largest absolute Gasteiger partial charge is 0.383 e. The summed E-state index contributed by atoms with van der Waals surface area (Å²) in [6.07, 6.45) is 3.55. The Morgan fingerprint density at radius 3 is 2.81 bits per heavy atom. The molecule has 0 unspecified atom stereocenters. The number of aromatic nitrogens is 3. The fraction of sp³-hybridized carbons (Fsp3) is 0.444. The first-order valence-electron chi connectivity index (χ1n) is 8.44. The van der Waals surface area contributed by atoms with Gasteiger partial charge in [-0.3, -0.25) is 9.59 Å². The molecule has 2 heterocycles. The lowest BCUT2D eigenvalue weighted by Crippen LogP contribution is -2.31. The van der Waals surface area contributed by atoms with Crippen molar-refractivity contribution in [1.82, 2.24) is 14.5 Å². The molecule has 1 aliphatic carbocycles. The first-order valence-corrected chi connectivity index (χ1v) is 8.44. The first kappa shape index (κ1) is 17.9. The second-order valence-corrected chi connectivity index (χ2v) is 6.60. The van der Waals surface area contributed by atoms with E-state index in [0.29, 0.717) is 29.5 Å². The predicted octanol–water partition coefficient (Wildman–Crippen LogP) is 1.76. The summed E-state index contributed by atoms with van der Waals surface area (Å²) in [6, 6.07) is 3.54. The van der Waals surface area contributed by atoms with Crippen LogP contribution in [0.15, 0.2) is 21.9 Å². The Balaban J connectivity index is 2.06. The lowest BCUT2D eigenvalue weighted by atomic mass is 10.2. The average Bonchev–Trinajstić information content (AvgIpc) is 3.44. The first-order chi connectivity index (χ1) is 12.4. The third-order valence-electron chi connectivity index (χ3n) is 4.58. The van der Waals surface area contributed by atoms with Gasteiger partial charge in [-0.1, -0.05) is 0 Å². The van der Waals surface area contributed by atoms with Gasteiger partial charge in [0.1, 0.15) is 6.07 Å². The summed E-state index contributed by atoms with van der Waals surface area (Å²) in [7, 11) is 1.60. The van der Waals surface area contributed by atoms with E-state index in [9.17, 15) is 14.9 Å². The molecule has 2 aromatic rings. The molecule has 2 N–H and O–H groups in total. The van der Waals surface area contributed by atoms with Gasteiger partial charge in [0.15, 0.2) is 11.5 Å². The molecule has 0 saturated heterocycles. The number of nitrogens with zero attached hydrogens (tertiary/aromatic N) is 3. The van der Waals surface area contributed by atoms with Crippen LogP contribution in [-0.2, 0) is 4.74 Å². The summed E-state index contributed by atoms with van der Waals surface area (Å²) in [6.45, 7) is 3.81. The van der Waals surface area contributed by atoms with E-state index in [2.05, 4.69) is 15.3 Å². The van der Waals surface area contributed by atoms with Gasteiger partial charge in [0, 0.05) is 24.6 Å². The maximum absolute atomic E-state index is 13.0. The second-order valence-electron chi connectivity index (χ2n) is 6.60. The molecule has 8 nitrogen and oxygen atoms in total. The summed E-state index contributed by atoms with van der Waals surface area (Å²) in [5.74, 6) is 0.423. The molecule has 0 amide bonds. The Morgan fingerprint density at radius 2 is 2.19 bits per heavy atom. The van der Waals surface area contributed by atoms with Crippen LogP contribution in [-0.4, -0.2) is 28.3 Å². The molecule has 2 aromatic heterocycles. The van der Waals surface area contributed by atoms with Crippen molar-refractivity contribution in [2.75, 3.05) is 19.0 Å². The summed E-state index contributed by atoms with van der Waals surface area (Å²) < 4.78 is 6.82. The fourth-order valence-electron chi connectivity index (χ4n) is 2.97. The van der Waals surface area contributed by atoms with E-state index >= 15 is 0 Å². The van der Waals surface area contributed by atoms with Gasteiger partial charge in [0.25, 0.3) is 11.1 Å². The van der Waals surface area contributed by atoms with Gasteiger partial charge in [0.05, 0.1) is 18.3 Å². The third-order valence-corrected chi connectivity index (χ3v) is 4.58. The normalized spacial score (nSPS) is 14.7. The van der Waals surface area contributed by atoms with Gasteiger partial charge in [-0.2, -0.15) is 5.26 Å². The highest BCUT2D eigenvalue weighted by atomic mass is 16.5. The molecule has 8 heteroatoms. The number of pyridine rings is 1. The number of nitriles is 1. The smallest absolute Gasteiger partial charge is 0.294 e. The predicted molar refractivity (Wildman–Crippen MR) is 96.7 cm³/mol. The van der Waals surface area contributed by atoms with Crippen molar-refractivity contribution in [2.24, 2.45) is 5.92 Å². The maximum atomic E-state index is 13.0. The minimum Gasteiger partial charge on any atom is -0.383 e. The average molecular weight is 355 g/mol. The van der Waals surface area contributed by atoms with E-state index in [1.54, 1.807) is 31.6 Å². The van der Waals surface area contributed by atoms with E-state index in [-0.39, 0.29) is 28.7 Å². The number of nitrogens with one attached hydrogen (secondary N) is 2. The van der Waals surface area contributed by atoms with Crippen LogP contribution in [0.1, 0.15) is 35.8 Å².